The van der Waals surface area contributed by atoms with E-state index in [1.165, 1.54) is 0 Å². The maximum absolute atomic E-state index is 6.18. The van der Waals surface area contributed by atoms with Crippen LogP contribution in [0.3, 0.4) is 0 Å². The van der Waals surface area contributed by atoms with Gasteiger partial charge in [0.2, 0.25) is 0 Å². The highest BCUT2D eigenvalue weighted by Gasteiger charge is 2.22. The maximum atomic E-state index is 6.18. The average Bonchev–Trinajstić information content (AvgIpc) is 2.26. The predicted molar refractivity (Wildman–Crippen MR) is 86.8 cm³/mol. The van der Waals surface area contributed by atoms with Gasteiger partial charge in [-0.2, -0.15) is 0 Å². The van der Waals surface area contributed by atoms with Crippen molar-refractivity contribution in [1.29, 1.82) is 0 Å². The van der Waals surface area contributed by atoms with Crippen LogP contribution in [0, 0.1) is 0 Å². The zero-order chi connectivity index (χ0) is 15.5. The molecule has 0 fully saturated rings. The largest absolute Gasteiger partial charge is 0.353 e. The number of anilines is 1. The van der Waals surface area contributed by atoms with E-state index < -0.39 is 0 Å². The van der Waals surface area contributed by atoms with Crippen LogP contribution in [0.4, 0.5) is 5.82 Å². The standard InChI is InChI=1S/C15H27ClN4/c1-8-20(11(2)10-19(6)7)13-9-12(16)17-14(18-13)15(3,4)5/h9,11H,8,10H2,1-7H3. The van der Waals surface area contributed by atoms with Crippen molar-refractivity contribution in [2.75, 3.05) is 32.1 Å². The summed E-state index contributed by atoms with van der Waals surface area (Å²) in [6, 6.07) is 2.22. The van der Waals surface area contributed by atoms with Gasteiger partial charge >= 0.3 is 0 Å². The quantitative estimate of drug-likeness (QED) is 0.782. The second kappa shape index (κ2) is 6.72. The topological polar surface area (TPSA) is 32.3 Å². The third-order valence-electron chi connectivity index (χ3n) is 3.15. The molecule has 0 spiro atoms. The van der Waals surface area contributed by atoms with Gasteiger partial charge in [0.25, 0.3) is 0 Å². The molecule has 0 aliphatic carbocycles. The first-order chi connectivity index (χ1) is 9.15. The monoisotopic (exact) mass is 298 g/mol. The number of likely N-dealkylation sites (N-methyl/N-ethyl adjacent to an activating group) is 2. The number of hydrogen-bond acceptors (Lipinski definition) is 4. The minimum Gasteiger partial charge on any atom is -0.353 e. The fraction of sp³-hybridized carbons (Fsp3) is 0.733. The predicted octanol–water partition coefficient (Wildman–Crippen LogP) is 3.20. The van der Waals surface area contributed by atoms with E-state index in [0.29, 0.717) is 11.2 Å². The first-order valence-corrected chi connectivity index (χ1v) is 7.49. The van der Waals surface area contributed by atoms with Crippen LogP contribution in [-0.2, 0) is 5.41 Å². The van der Waals surface area contributed by atoms with Crippen LogP contribution < -0.4 is 4.90 Å². The van der Waals surface area contributed by atoms with Crippen molar-refractivity contribution >= 4 is 17.4 Å². The van der Waals surface area contributed by atoms with E-state index >= 15 is 0 Å². The third kappa shape index (κ3) is 4.60. The van der Waals surface area contributed by atoms with Gasteiger partial charge in [0.1, 0.15) is 16.8 Å². The van der Waals surface area contributed by atoms with Crippen LogP contribution in [0.1, 0.15) is 40.4 Å². The highest BCUT2D eigenvalue weighted by atomic mass is 35.5. The molecule has 0 amide bonds. The Balaban J connectivity index is 3.12. The summed E-state index contributed by atoms with van der Waals surface area (Å²) < 4.78 is 0. The molecular weight excluding hydrogens is 272 g/mol. The van der Waals surface area contributed by atoms with Gasteiger partial charge in [-0.15, -0.1) is 0 Å². The lowest BCUT2D eigenvalue weighted by atomic mass is 9.96. The van der Waals surface area contributed by atoms with Gasteiger partial charge in [0.15, 0.2) is 0 Å². The molecule has 1 heterocycles. The molecule has 114 valence electrons. The summed E-state index contributed by atoms with van der Waals surface area (Å²) in [4.78, 5) is 13.5. The first-order valence-electron chi connectivity index (χ1n) is 7.11. The van der Waals surface area contributed by atoms with Crippen molar-refractivity contribution in [2.45, 2.75) is 46.1 Å². The Morgan fingerprint density at radius 3 is 2.30 bits per heavy atom. The number of aromatic nitrogens is 2. The van der Waals surface area contributed by atoms with Gasteiger partial charge in [-0.3, -0.25) is 0 Å². The summed E-state index contributed by atoms with van der Waals surface area (Å²) >= 11 is 6.18. The van der Waals surface area contributed by atoms with Crippen molar-refractivity contribution < 1.29 is 0 Å². The fourth-order valence-electron chi connectivity index (χ4n) is 2.21. The summed E-state index contributed by atoms with van der Waals surface area (Å²) in [5.41, 5.74) is -0.107. The molecular formula is C15H27ClN4. The molecule has 1 aromatic rings. The fourth-order valence-corrected chi connectivity index (χ4v) is 2.39. The second-order valence-electron chi connectivity index (χ2n) is 6.52. The van der Waals surface area contributed by atoms with Crippen molar-refractivity contribution in [3.63, 3.8) is 0 Å². The Bertz CT molecular complexity index is 440. The van der Waals surface area contributed by atoms with Crippen LogP contribution in [-0.4, -0.2) is 48.1 Å². The van der Waals surface area contributed by atoms with E-state index in [9.17, 15) is 0 Å². The van der Waals surface area contributed by atoms with E-state index in [1.807, 2.05) is 6.07 Å². The summed E-state index contributed by atoms with van der Waals surface area (Å²) in [5.74, 6) is 1.70. The average molecular weight is 299 g/mol. The lowest BCUT2D eigenvalue weighted by Crippen LogP contribution is -2.40. The second-order valence-corrected chi connectivity index (χ2v) is 6.91. The van der Waals surface area contributed by atoms with Gasteiger partial charge in [-0.05, 0) is 27.9 Å². The molecule has 0 aliphatic heterocycles. The molecule has 0 aliphatic rings. The van der Waals surface area contributed by atoms with E-state index in [1.54, 1.807) is 0 Å². The molecule has 0 N–H and O–H groups in total. The Kier molecular flexibility index (Phi) is 5.78. The molecule has 0 saturated heterocycles. The first kappa shape index (κ1) is 17.2. The van der Waals surface area contributed by atoms with Crippen LogP contribution in [0.2, 0.25) is 5.15 Å². The van der Waals surface area contributed by atoms with Gasteiger partial charge in [0, 0.05) is 30.6 Å². The summed E-state index contributed by atoms with van der Waals surface area (Å²) in [6.45, 7) is 12.5. The van der Waals surface area contributed by atoms with E-state index in [0.717, 1.165) is 24.7 Å². The van der Waals surface area contributed by atoms with Crippen LogP contribution in [0.5, 0.6) is 0 Å². The summed E-state index contributed by atoms with van der Waals surface area (Å²) in [5, 5.41) is 0.510. The lowest BCUT2D eigenvalue weighted by molar-refractivity contribution is 0.372. The Morgan fingerprint density at radius 1 is 1.25 bits per heavy atom. The Labute approximate surface area is 128 Å². The zero-order valence-corrected chi connectivity index (χ0v) is 14.5. The molecule has 0 aromatic carbocycles. The molecule has 0 bridgehead atoms. The van der Waals surface area contributed by atoms with Crippen LogP contribution in [0.15, 0.2) is 6.07 Å². The van der Waals surface area contributed by atoms with Crippen molar-refractivity contribution in [3.8, 4) is 0 Å². The number of nitrogens with zero attached hydrogens (tertiary/aromatic N) is 4. The molecule has 1 unspecified atom stereocenters. The van der Waals surface area contributed by atoms with Gasteiger partial charge in [-0.25, -0.2) is 9.97 Å². The lowest BCUT2D eigenvalue weighted by Gasteiger charge is -2.32. The molecule has 4 nitrogen and oxygen atoms in total. The van der Waals surface area contributed by atoms with E-state index in [2.05, 4.69) is 63.5 Å². The summed E-state index contributed by atoms with van der Waals surface area (Å²) in [6.07, 6.45) is 0. The van der Waals surface area contributed by atoms with Crippen molar-refractivity contribution in [2.24, 2.45) is 0 Å². The highest BCUT2D eigenvalue weighted by molar-refractivity contribution is 6.29. The normalized spacial score (nSPS) is 13.7. The zero-order valence-electron chi connectivity index (χ0n) is 13.7. The van der Waals surface area contributed by atoms with Gasteiger partial charge < -0.3 is 9.80 Å². The van der Waals surface area contributed by atoms with Crippen molar-refractivity contribution in [3.05, 3.63) is 17.0 Å². The smallest absolute Gasteiger partial charge is 0.137 e. The van der Waals surface area contributed by atoms with Crippen molar-refractivity contribution in [1.82, 2.24) is 14.9 Å². The number of halogens is 1. The third-order valence-corrected chi connectivity index (χ3v) is 3.34. The van der Waals surface area contributed by atoms with Gasteiger partial charge in [-0.1, -0.05) is 32.4 Å². The van der Waals surface area contributed by atoms with Crippen LogP contribution >= 0.6 is 11.6 Å². The SMILES string of the molecule is CCN(c1cc(Cl)nc(C(C)(C)C)n1)C(C)CN(C)C. The molecule has 5 heteroatoms. The van der Waals surface area contributed by atoms with Gasteiger partial charge in [0.05, 0.1) is 0 Å². The number of rotatable bonds is 5. The Morgan fingerprint density at radius 2 is 1.85 bits per heavy atom. The number of hydrogen-bond donors (Lipinski definition) is 0. The molecule has 1 aromatic heterocycles. The highest BCUT2D eigenvalue weighted by Crippen LogP contribution is 2.25. The molecule has 0 radical (unpaired) electrons. The molecule has 1 rings (SSSR count). The minimum atomic E-state index is -0.107. The van der Waals surface area contributed by atoms with E-state index in [-0.39, 0.29) is 5.41 Å². The van der Waals surface area contributed by atoms with Crippen LogP contribution in [0.25, 0.3) is 0 Å². The molecule has 20 heavy (non-hydrogen) atoms. The molecule has 1 atom stereocenters. The minimum absolute atomic E-state index is 0.107. The maximum Gasteiger partial charge on any atom is 0.137 e. The van der Waals surface area contributed by atoms with E-state index in [4.69, 9.17) is 16.6 Å². The summed E-state index contributed by atoms with van der Waals surface area (Å²) in [7, 11) is 4.16. The Hall–Kier alpha value is -0.870. The molecule has 0 saturated carbocycles.